The number of carbonyl (C=O) groups is 2. The number of halogens is 1. The first kappa shape index (κ1) is 28.6. The quantitative estimate of drug-likeness (QED) is 0.465. The number of nitrogens with zero attached hydrogens (tertiary/aromatic N) is 2. The van der Waals surface area contributed by atoms with Crippen molar-refractivity contribution in [3.63, 3.8) is 0 Å². The van der Waals surface area contributed by atoms with Crippen LogP contribution in [0.3, 0.4) is 0 Å². The molecule has 2 amide bonds. The molecule has 0 saturated heterocycles. The molecule has 202 valence electrons. The van der Waals surface area contributed by atoms with Crippen LogP contribution in [0.25, 0.3) is 0 Å². The molecule has 1 aliphatic carbocycles. The van der Waals surface area contributed by atoms with Gasteiger partial charge in [-0.1, -0.05) is 57.4 Å². The summed E-state index contributed by atoms with van der Waals surface area (Å²) < 4.78 is 40.0. The molecule has 1 atom stereocenters. The molecule has 0 radical (unpaired) electrons. The Hall–Kier alpha value is -2.94. The van der Waals surface area contributed by atoms with E-state index in [2.05, 4.69) is 5.32 Å². The molecule has 1 unspecified atom stereocenters. The average molecular weight is 532 g/mol. The Morgan fingerprint density at radius 1 is 0.973 bits per heavy atom. The fourth-order valence-electron chi connectivity index (χ4n) is 4.76. The maximum absolute atomic E-state index is 13.7. The van der Waals surface area contributed by atoms with Gasteiger partial charge in [-0.15, -0.1) is 0 Å². The molecule has 2 aromatic carbocycles. The summed E-state index contributed by atoms with van der Waals surface area (Å²) >= 11 is 0. The van der Waals surface area contributed by atoms with Gasteiger partial charge in [0.25, 0.3) is 0 Å². The van der Waals surface area contributed by atoms with Crippen LogP contribution in [0.1, 0.15) is 63.5 Å². The summed E-state index contributed by atoms with van der Waals surface area (Å²) in [6.07, 6.45) is 7.30. The van der Waals surface area contributed by atoms with Crippen molar-refractivity contribution in [2.75, 3.05) is 17.1 Å². The zero-order chi connectivity index (χ0) is 27.0. The number of hydrogen-bond donors (Lipinski definition) is 1. The standard InChI is InChI=1S/C28H38FN3O4S/c1-4-21-13-17-25(18-14-21)32(37(3,35)36)20-27(33)31(19-22-11-15-23(29)16-12-22)26(5-2)28(34)30-24-9-7-6-8-10-24/h11-18,24,26H,4-10,19-20H2,1-3H3,(H,30,34). The minimum Gasteiger partial charge on any atom is -0.352 e. The van der Waals surface area contributed by atoms with Gasteiger partial charge in [0.15, 0.2) is 0 Å². The van der Waals surface area contributed by atoms with Gasteiger partial charge in [0, 0.05) is 12.6 Å². The molecular formula is C28H38FN3O4S. The van der Waals surface area contributed by atoms with Gasteiger partial charge >= 0.3 is 0 Å². The number of benzene rings is 2. The lowest BCUT2D eigenvalue weighted by Crippen LogP contribution is -2.53. The zero-order valence-electron chi connectivity index (χ0n) is 22.0. The second-order valence-corrected chi connectivity index (χ2v) is 11.6. The Bertz CT molecular complexity index is 1150. The van der Waals surface area contributed by atoms with Gasteiger partial charge in [0.1, 0.15) is 18.4 Å². The predicted molar refractivity (Wildman–Crippen MR) is 144 cm³/mol. The van der Waals surface area contributed by atoms with Gasteiger partial charge in [0.2, 0.25) is 21.8 Å². The molecule has 1 N–H and O–H groups in total. The highest BCUT2D eigenvalue weighted by Gasteiger charge is 2.32. The van der Waals surface area contributed by atoms with Crippen LogP contribution in [-0.2, 0) is 32.6 Å². The third-order valence-corrected chi connectivity index (χ3v) is 8.06. The topological polar surface area (TPSA) is 86.8 Å². The Morgan fingerprint density at radius 2 is 1.57 bits per heavy atom. The van der Waals surface area contributed by atoms with E-state index in [0.717, 1.165) is 54.6 Å². The zero-order valence-corrected chi connectivity index (χ0v) is 22.8. The summed E-state index contributed by atoms with van der Waals surface area (Å²) in [5, 5.41) is 3.10. The Morgan fingerprint density at radius 3 is 2.11 bits per heavy atom. The van der Waals surface area contributed by atoms with Gasteiger partial charge in [-0.2, -0.15) is 0 Å². The summed E-state index contributed by atoms with van der Waals surface area (Å²) in [7, 11) is -3.78. The van der Waals surface area contributed by atoms with Crippen LogP contribution in [0, 0.1) is 5.82 Å². The van der Waals surface area contributed by atoms with E-state index in [-0.39, 0.29) is 18.5 Å². The fourth-order valence-corrected chi connectivity index (χ4v) is 5.61. The Kier molecular flexibility index (Phi) is 10.1. The van der Waals surface area contributed by atoms with Crippen molar-refractivity contribution in [2.24, 2.45) is 0 Å². The highest BCUT2D eigenvalue weighted by molar-refractivity contribution is 7.92. The first-order valence-corrected chi connectivity index (χ1v) is 14.9. The van der Waals surface area contributed by atoms with Crippen molar-refractivity contribution in [1.82, 2.24) is 10.2 Å². The Labute approximate surface area is 220 Å². The molecule has 0 aromatic heterocycles. The lowest BCUT2D eigenvalue weighted by molar-refractivity contribution is -0.140. The third kappa shape index (κ3) is 8.02. The molecule has 1 aliphatic rings. The van der Waals surface area contributed by atoms with Gasteiger partial charge < -0.3 is 10.2 Å². The number of carbonyl (C=O) groups excluding carboxylic acids is 2. The van der Waals surface area contributed by atoms with E-state index in [1.807, 2.05) is 26.0 Å². The predicted octanol–water partition coefficient (Wildman–Crippen LogP) is 4.41. The number of aryl methyl sites for hydroxylation is 1. The first-order chi connectivity index (χ1) is 17.6. The van der Waals surface area contributed by atoms with Gasteiger partial charge in [0.05, 0.1) is 11.9 Å². The molecule has 9 heteroatoms. The molecule has 0 bridgehead atoms. The van der Waals surface area contributed by atoms with E-state index in [1.165, 1.54) is 17.0 Å². The third-order valence-electron chi connectivity index (χ3n) is 6.92. The average Bonchev–Trinajstić information content (AvgIpc) is 2.88. The SMILES string of the molecule is CCc1ccc(N(CC(=O)N(Cc2ccc(F)cc2)C(CC)C(=O)NC2CCCCC2)S(C)(=O)=O)cc1. The van der Waals surface area contributed by atoms with Crippen LogP contribution in [-0.4, -0.2) is 50.0 Å². The molecule has 1 saturated carbocycles. The van der Waals surface area contributed by atoms with Crippen molar-refractivity contribution >= 4 is 27.5 Å². The van der Waals surface area contributed by atoms with Crippen LogP contribution in [0.5, 0.6) is 0 Å². The summed E-state index contributed by atoms with van der Waals surface area (Å²) in [5.74, 6) is -1.15. The van der Waals surface area contributed by atoms with Crippen LogP contribution in [0.4, 0.5) is 10.1 Å². The number of hydrogen-bond acceptors (Lipinski definition) is 4. The molecule has 1 fully saturated rings. The summed E-state index contributed by atoms with van der Waals surface area (Å²) in [4.78, 5) is 28.5. The normalized spacial score (nSPS) is 15.1. The van der Waals surface area contributed by atoms with Gasteiger partial charge in [-0.05, 0) is 61.1 Å². The van der Waals surface area contributed by atoms with E-state index in [1.54, 1.807) is 24.3 Å². The van der Waals surface area contributed by atoms with Crippen molar-refractivity contribution in [1.29, 1.82) is 0 Å². The Balaban J connectivity index is 1.89. The summed E-state index contributed by atoms with van der Waals surface area (Å²) in [5.41, 5.74) is 2.08. The fraction of sp³-hybridized carbons (Fsp3) is 0.500. The molecule has 3 rings (SSSR count). The van der Waals surface area contributed by atoms with E-state index < -0.39 is 34.3 Å². The largest absolute Gasteiger partial charge is 0.352 e. The molecule has 0 heterocycles. The lowest BCUT2D eigenvalue weighted by atomic mass is 9.95. The minimum atomic E-state index is -3.78. The van der Waals surface area contributed by atoms with Crippen LogP contribution >= 0.6 is 0 Å². The van der Waals surface area contributed by atoms with Gasteiger partial charge in [-0.3, -0.25) is 13.9 Å². The second kappa shape index (κ2) is 13.0. The van der Waals surface area contributed by atoms with Crippen molar-refractivity contribution in [3.05, 3.63) is 65.5 Å². The maximum atomic E-state index is 13.7. The number of amides is 2. The number of rotatable bonds is 11. The number of anilines is 1. The highest BCUT2D eigenvalue weighted by atomic mass is 32.2. The smallest absolute Gasteiger partial charge is 0.244 e. The van der Waals surface area contributed by atoms with E-state index in [9.17, 15) is 22.4 Å². The molecular weight excluding hydrogens is 493 g/mol. The van der Waals surface area contributed by atoms with Crippen LogP contribution in [0.15, 0.2) is 48.5 Å². The number of sulfonamides is 1. The van der Waals surface area contributed by atoms with Crippen molar-refractivity contribution in [2.45, 2.75) is 77.4 Å². The van der Waals surface area contributed by atoms with E-state index >= 15 is 0 Å². The lowest BCUT2D eigenvalue weighted by Gasteiger charge is -2.34. The van der Waals surface area contributed by atoms with E-state index in [4.69, 9.17) is 0 Å². The molecule has 0 spiro atoms. The van der Waals surface area contributed by atoms with Crippen molar-refractivity contribution < 1.29 is 22.4 Å². The molecule has 2 aromatic rings. The van der Waals surface area contributed by atoms with Crippen molar-refractivity contribution in [3.8, 4) is 0 Å². The highest BCUT2D eigenvalue weighted by Crippen LogP contribution is 2.22. The van der Waals surface area contributed by atoms with E-state index in [0.29, 0.717) is 17.7 Å². The molecule has 37 heavy (non-hydrogen) atoms. The first-order valence-electron chi connectivity index (χ1n) is 13.0. The molecule has 7 nitrogen and oxygen atoms in total. The summed E-state index contributed by atoms with van der Waals surface area (Å²) in [6, 6.07) is 12.1. The van der Waals surface area contributed by atoms with Crippen LogP contribution in [0.2, 0.25) is 0 Å². The number of nitrogens with one attached hydrogen (secondary N) is 1. The molecule has 0 aliphatic heterocycles. The second-order valence-electron chi connectivity index (χ2n) is 9.71. The minimum absolute atomic E-state index is 0.0576. The summed E-state index contributed by atoms with van der Waals surface area (Å²) in [6.45, 7) is 3.44. The van der Waals surface area contributed by atoms with Gasteiger partial charge in [-0.25, -0.2) is 12.8 Å². The maximum Gasteiger partial charge on any atom is 0.244 e. The van der Waals surface area contributed by atoms with Crippen LogP contribution < -0.4 is 9.62 Å². The monoisotopic (exact) mass is 531 g/mol.